The van der Waals surface area contributed by atoms with Gasteiger partial charge in [-0.2, -0.15) is 5.10 Å². The molecule has 0 aliphatic heterocycles. The second-order valence-electron chi connectivity index (χ2n) is 4.90. The van der Waals surface area contributed by atoms with Gasteiger partial charge in [0.05, 0.1) is 16.7 Å². The summed E-state index contributed by atoms with van der Waals surface area (Å²) in [5.41, 5.74) is 1.13. The van der Waals surface area contributed by atoms with Gasteiger partial charge in [0.25, 0.3) is 0 Å². The Balaban J connectivity index is 2.21. The first-order valence-electron chi connectivity index (χ1n) is 7.19. The molecule has 2 heterocycles. The maximum absolute atomic E-state index is 4.54. The van der Waals surface area contributed by atoms with Crippen LogP contribution in [-0.4, -0.2) is 26.3 Å². The minimum absolute atomic E-state index is 0.269. The normalized spacial score (nSPS) is 12.8. The van der Waals surface area contributed by atoms with Crippen LogP contribution < -0.4 is 5.32 Å². The third-order valence-corrected chi connectivity index (χ3v) is 4.41. The highest BCUT2D eigenvalue weighted by Crippen LogP contribution is 2.27. The van der Waals surface area contributed by atoms with Crippen LogP contribution in [0.15, 0.2) is 6.33 Å². The van der Waals surface area contributed by atoms with Crippen molar-refractivity contribution >= 4 is 11.3 Å². The van der Waals surface area contributed by atoms with E-state index in [1.54, 1.807) is 17.7 Å². The lowest BCUT2D eigenvalue weighted by Crippen LogP contribution is -2.24. The van der Waals surface area contributed by atoms with Crippen molar-refractivity contribution in [1.29, 1.82) is 0 Å². The van der Waals surface area contributed by atoms with Crippen molar-refractivity contribution in [3.63, 3.8) is 0 Å². The summed E-state index contributed by atoms with van der Waals surface area (Å²) >= 11 is 1.77. The molecule has 5 nitrogen and oxygen atoms in total. The summed E-state index contributed by atoms with van der Waals surface area (Å²) in [4.78, 5) is 10.3. The summed E-state index contributed by atoms with van der Waals surface area (Å²) in [6.07, 6.45) is 3.58. The zero-order valence-electron chi connectivity index (χ0n) is 12.7. The molecule has 0 aromatic carbocycles. The van der Waals surface area contributed by atoms with Gasteiger partial charge in [-0.3, -0.25) is 4.68 Å². The van der Waals surface area contributed by atoms with Crippen LogP contribution in [0.4, 0.5) is 0 Å². The molecule has 0 spiro atoms. The van der Waals surface area contributed by atoms with Gasteiger partial charge < -0.3 is 5.32 Å². The van der Waals surface area contributed by atoms with Crippen molar-refractivity contribution in [3.05, 3.63) is 27.7 Å². The van der Waals surface area contributed by atoms with Crippen LogP contribution in [0, 0.1) is 13.8 Å². The molecule has 6 heteroatoms. The van der Waals surface area contributed by atoms with Crippen molar-refractivity contribution in [2.24, 2.45) is 0 Å². The number of nitrogens with one attached hydrogen (secondary N) is 1. The molecule has 0 aliphatic carbocycles. The van der Waals surface area contributed by atoms with Crippen molar-refractivity contribution in [1.82, 2.24) is 25.1 Å². The first-order chi connectivity index (χ1) is 9.65. The number of rotatable bonds is 7. The Morgan fingerprint density at radius 1 is 1.35 bits per heavy atom. The van der Waals surface area contributed by atoms with Gasteiger partial charge in [-0.15, -0.1) is 11.3 Å². The minimum Gasteiger partial charge on any atom is -0.309 e. The summed E-state index contributed by atoms with van der Waals surface area (Å²) in [6.45, 7) is 10.3. The molecule has 110 valence electrons. The Bertz CT molecular complexity index is 546. The van der Waals surface area contributed by atoms with Crippen LogP contribution in [0.5, 0.6) is 0 Å². The van der Waals surface area contributed by atoms with Crippen LogP contribution in [-0.2, 0) is 13.0 Å². The SMILES string of the molecule is CCCn1ncnc1CC(NCC)c1sc(C)nc1C. The van der Waals surface area contributed by atoms with Gasteiger partial charge in [0.15, 0.2) is 0 Å². The number of aryl methyl sites for hydroxylation is 3. The monoisotopic (exact) mass is 293 g/mol. The van der Waals surface area contributed by atoms with Gasteiger partial charge in [0, 0.05) is 17.8 Å². The average molecular weight is 293 g/mol. The van der Waals surface area contributed by atoms with Gasteiger partial charge in [0.2, 0.25) is 0 Å². The number of likely N-dealkylation sites (N-methyl/N-ethyl adjacent to an activating group) is 1. The first kappa shape index (κ1) is 15.1. The number of hydrogen-bond donors (Lipinski definition) is 1. The molecule has 1 atom stereocenters. The Labute approximate surface area is 124 Å². The molecule has 20 heavy (non-hydrogen) atoms. The van der Waals surface area contributed by atoms with E-state index in [9.17, 15) is 0 Å². The van der Waals surface area contributed by atoms with Crippen LogP contribution in [0.25, 0.3) is 0 Å². The van der Waals surface area contributed by atoms with E-state index in [-0.39, 0.29) is 6.04 Å². The molecule has 2 rings (SSSR count). The third-order valence-electron chi connectivity index (χ3n) is 3.22. The van der Waals surface area contributed by atoms with Gasteiger partial charge in [-0.25, -0.2) is 9.97 Å². The number of hydrogen-bond acceptors (Lipinski definition) is 5. The molecular formula is C14H23N5S. The largest absolute Gasteiger partial charge is 0.309 e. The highest BCUT2D eigenvalue weighted by molar-refractivity contribution is 7.11. The second kappa shape index (κ2) is 6.95. The summed E-state index contributed by atoms with van der Waals surface area (Å²) in [5.74, 6) is 1.04. The van der Waals surface area contributed by atoms with E-state index in [0.29, 0.717) is 0 Å². The molecule has 0 bridgehead atoms. The van der Waals surface area contributed by atoms with Gasteiger partial charge in [-0.05, 0) is 26.8 Å². The molecule has 2 aromatic heterocycles. The van der Waals surface area contributed by atoms with E-state index in [0.717, 1.165) is 42.5 Å². The molecule has 1 N–H and O–H groups in total. The lowest BCUT2D eigenvalue weighted by atomic mass is 10.1. The molecule has 0 saturated heterocycles. The van der Waals surface area contributed by atoms with Crippen LogP contribution in [0.3, 0.4) is 0 Å². The highest BCUT2D eigenvalue weighted by atomic mass is 32.1. The van der Waals surface area contributed by atoms with Crippen LogP contribution in [0.1, 0.15) is 47.7 Å². The van der Waals surface area contributed by atoms with E-state index in [1.165, 1.54) is 4.88 Å². The summed E-state index contributed by atoms with van der Waals surface area (Å²) < 4.78 is 2.01. The van der Waals surface area contributed by atoms with E-state index in [2.05, 4.69) is 48.1 Å². The Kier molecular flexibility index (Phi) is 5.25. The van der Waals surface area contributed by atoms with Gasteiger partial charge in [0.1, 0.15) is 12.2 Å². The minimum atomic E-state index is 0.269. The maximum atomic E-state index is 4.54. The fraction of sp³-hybridized carbons (Fsp3) is 0.643. The molecule has 0 aliphatic rings. The fourth-order valence-corrected chi connectivity index (χ4v) is 3.40. The zero-order chi connectivity index (χ0) is 14.5. The van der Waals surface area contributed by atoms with Crippen molar-refractivity contribution in [2.75, 3.05) is 6.54 Å². The maximum Gasteiger partial charge on any atom is 0.138 e. The quantitative estimate of drug-likeness (QED) is 0.852. The lowest BCUT2D eigenvalue weighted by Gasteiger charge is -2.17. The number of thiazole rings is 1. The summed E-state index contributed by atoms with van der Waals surface area (Å²) in [7, 11) is 0. The summed E-state index contributed by atoms with van der Waals surface area (Å²) in [6, 6.07) is 0.269. The molecular weight excluding hydrogens is 270 g/mol. The lowest BCUT2D eigenvalue weighted by molar-refractivity contribution is 0.502. The first-order valence-corrected chi connectivity index (χ1v) is 8.01. The van der Waals surface area contributed by atoms with E-state index in [1.807, 2.05) is 4.68 Å². The Morgan fingerprint density at radius 3 is 2.75 bits per heavy atom. The smallest absolute Gasteiger partial charge is 0.138 e. The Hall–Kier alpha value is -1.27. The topological polar surface area (TPSA) is 55.6 Å². The molecule has 1 unspecified atom stereocenters. The number of nitrogens with zero attached hydrogens (tertiary/aromatic N) is 4. The zero-order valence-corrected chi connectivity index (χ0v) is 13.5. The average Bonchev–Trinajstić information content (AvgIpc) is 2.96. The van der Waals surface area contributed by atoms with Crippen molar-refractivity contribution in [2.45, 2.75) is 53.1 Å². The predicted molar refractivity (Wildman–Crippen MR) is 82.0 cm³/mol. The van der Waals surface area contributed by atoms with Crippen LogP contribution in [0.2, 0.25) is 0 Å². The van der Waals surface area contributed by atoms with E-state index >= 15 is 0 Å². The molecule has 2 aromatic rings. The fourth-order valence-electron chi connectivity index (χ4n) is 2.40. The molecule has 0 radical (unpaired) electrons. The van der Waals surface area contributed by atoms with Gasteiger partial charge in [-0.1, -0.05) is 13.8 Å². The summed E-state index contributed by atoms with van der Waals surface area (Å²) in [5, 5.41) is 8.98. The molecule has 0 saturated carbocycles. The van der Waals surface area contributed by atoms with E-state index < -0.39 is 0 Å². The predicted octanol–water partition coefficient (Wildman–Crippen LogP) is 2.65. The third kappa shape index (κ3) is 3.43. The highest BCUT2D eigenvalue weighted by Gasteiger charge is 2.19. The second-order valence-corrected chi connectivity index (χ2v) is 6.13. The van der Waals surface area contributed by atoms with E-state index in [4.69, 9.17) is 0 Å². The number of aromatic nitrogens is 4. The molecule has 0 amide bonds. The molecule has 0 fully saturated rings. The van der Waals surface area contributed by atoms with Crippen LogP contribution >= 0.6 is 11.3 Å². The van der Waals surface area contributed by atoms with Gasteiger partial charge >= 0.3 is 0 Å². The Morgan fingerprint density at radius 2 is 2.15 bits per heavy atom. The standard InChI is InChI=1S/C14H23N5S/c1-5-7-19-13(16-9-17-19)8-12(15-6-2)14-10(3)18-11(4)20-14/h9,12,15H,5-8H2,1-4H3. The van der Waals surface area contributed by atoms with Crippen molar-refractivity contribution in [3.8, 4) is 0 Å². The van der Waals surface area contributed by atoms with Crippen molar-refractivity contribution < 1.29 is 0 Å².